The number of carbonyl (C=O) groups excluding carboxylic acids is 1. The molecule has 29 heavy (non-hydrogen) atoms. The molecule has 0 spiro atoms. The highest BCUT2D eigenvalue weighted by Gasteiger charge is 2.33. The average Bonchev–Trinajstić information content (AvgIpc) is 3.17. The van der Waals surface area contributed by atoms with E-state index in [4.69, 9.17) is 4.52 Å². The van der Waals surface area contributed by atoms with Crippen molar-refractivity contribution in [1.82, 2.24) is 19.3 Å². The molecule has 2 aromatic carbocycles. The SMILES string of the molecule is CN(Cc1nc(-c2ccccc2)no1)C(=O)[C@@H](c1ccccc1)N(C)S(C)(=O)=O. The van der Waals surface area contributed by atoms with E-state index in [0.29, 0.717) is 11.4 Å². The number of hydrogen-bond donors (Lipinski definition) is 0. The Balaban J connectivity index is 1.82. The molecule has 1 amide bonds. The Labute approximate surface area is 169 Å². The number of carbonyl (C=O) groups is 1. The van der Waals surface area contributed by atoms with Gasteiger partial charge < -0.3 is 9.42 Å². The van der Waals surface area contributed by atoms with Gasteiger partial charge in [-0.3, -0.25) is 4.79 Å². The fourth-order valence-electron chi connectivity index (χ4n) is 2.85. The third-order valence-electron chi connectivity index (χ3n) is 4.48. The summed E-state index contributed by atoms with van der Waals surface area (Å²) in [6, 6.07) is 17.1. The summed E-state index contributed by atoms with van der Waals surface area (Å²) in [5, 5.41) is 3.95. The largest absolute Gasteiger partial charge is 0.337 e. The van der Waals surface area contributed by atoms with E-state index in [0.717, 1.165) is 16.1 Å². The van der Waals surface area contributed by atoms with E-state index in [1.807, 2.05) is 30.3 Å². The molecule has 3 aromatic rings. The zero-order valence-corrected chi connectivity index (χ0v) is 17.2. The van der Waals surface area contributed by atoms with Gasteiger partial charge in [-0.15, -0.1) is 0 Å². The van der Waals surface area contributed by atoms with Crippen molar-refractivity contribution in [3.8, 4) is 11.4 Å². The second-order valence-electron chi connectivity index (χ2n) is 6.66. The summed E-state index contributed by atoms with van der Waals surface area (Å²) in [4.78, 5) is 18.8. The van der Waals surface area contributed by atoms with Gasteiger partial charge in [0.15, 0.2) is 0 Å². The minimum Gasteiger partial charge on any atom is -0.337 e. The second-order valence-corrected chi connectivity index (χ2v) is 8.71. The summed E-state index contributed by atoms with van der Waals surface area (Å²) >= 11 is 0. The Bertz CT molecular complexity index is 1070. The van der Waals surface area contributed by atoms with E-state index in [1.165, 1.54) is 11.9 Å². The maximum Gasteiger partial charge on any atom is 0.246 e. The predicted molar refractivity (Wildman–Crippen MR) is 108 cm³/mol. The van der Waals surface area contributed by atoms with Crippen LogP contribution in [-0.2, 0) is 21.4 Å². The van der Waals surface area contributed by atoms with Crippen LogP contribution in [0, 0.1) is 0 Å². The summed E-state index contributed by atoms with van der Waals surface area (Å²) < 4.78 is 30.5. The van der Waals surface area contributed by atoms with Crippen LogP contribution in [0.3, 0.4) is 0 Å². The van der Waals surface area contributed by atoms with Crippen LogP contribution in [0.2, 0.25) is 0 Å². The molecule has 1 atom stereocenters. The molecule has 0 saturated carbocycles. The monoisotopic (exact) mass is 414 g/mol. The zero-order valence-electron chi connectivity index (χ0n) is 16.4. The minimum atomic E-state index is -3.60. The normalized spacial score (nSPS) is 12.7. The highest BCUT2D eigenvalue weighted by Crippen LogP contribution is 2.24. The van der Waals surface area contributed by atoms with E-state index in [1.54, 1.807) is 37.4 Å². The summed E-state index contributed by atoms with van der Waals surface area (Å²) in [6.07, 6.45) is 1.07. The lowest BCUT2D eigenvalue weighted by molar-refractivity contribution is -0.134. The molecule has 1 aromatic heterocycles. The van der Waals surface area contributed by atoms with Crippen LogP contribution in [-0.4, -0.2) is 54.0 Å². The number of benzene rings is 2. The van der Waals surface area contributed by atoms with Gasteiger partial charge in [-0.05, 0) is 5.56 Å². The van der Waals surface area contributed by atoms with Gasteiger partial charge in [0.1, 0.15) is 6.04 Å². The van der Waals surface area contributed by atoms with E-state index >= 15 is 0 Å². The van der Waals surface area contributed by atoms with E-state index in [9.17, 15) is 13.2 Å². The molecular formula is C20H22N4O4S. The van der Waals surface area contributed by atoms with Crippen molar-refractivity contribution >= 4 is 15.9 Å². The van der Waals surface area contributed by atoms with Gasteiger partial charge in [-0.2, -0.15) is 9.29 Å². The fourth-order valence-corrected chi connectivity index (χ4v) is 3.44. The molecule has 0 fully saturated rings. The van der Waals surface area contributed by atoms with Gasteiger partial charge in [0.05, 0.1) is 12.8 Å². The highest BCUT2D eigenvalue weighted by atomic mass is 32.2. The Morgan fingerprint density at radius 3 is 2.21 bits per heavy atom. The zero-order chi connectivity index (χ0) is 21.0. The van der Waals surface area contributed by atoms with Gasteiger partial charge >= 0.3 is 0 Å². The lowest BCUT2D eigenvalue weighted by Crippen LogP contribution is -2.41. The summed E-state index contributed by atoms with van der Waals surface area (Å²) in [5.74, 6) is 0.284. The van der Waals surface area contributed by atoms with Crippen LogP contribution >= 0.6 is 0 Å². The molecule has 0 bridgehead atoms. The Hall–Kier alpha value is -3.04. The van der Waals surface area contributed by atoms with Gasteiger partial charge in [0.2, 0.25) is 27.6 Å². The molecule has 0 radical (unpaired) electrons. The van der Waals surface area contributed by atoms with Crippen LogP contribution < -0.4 is 0 Å². The number of hydrogen-bond acceptors (Lipinski definition) is 6. The molecule has 0 aliphatic carbocycles. The van der Waals surface area contributed by atoms with Gasteiger partial charge in [0, 0.05) is 19.7 Å². The standard InChI is InChI=1S/C20H22N4O4S/c1-23(14-17-21-19(22-28-17)16-12-8-5-9-13-16)20(25)18(24(2)29(3,26)27)15-10-6-4-7-11-15/h4-13,18H,14H2,1-3H3/t18-/m1/s1. The van der Waals surface area contributed by atoms with Crippen LogP contribution in [0.15, 0.2) is 65.2 Å². The molecule has 3 rings (SSSR count). The maximum atomic E-state index is 13.1. The van der Waals surface area contributed by atoms with Crippen LogP contribution in [0.25, 0.3) is 11.4 Å². The highest BCUT2D eigenvalue weighted by molar-refractivity contribution is 7.88. The number of amides is 1. The molecule has 9 heteroatoms. The van der Waals surface area contributed by atoms with Crippen LogP contribution in [0.4, 0.5) is 0 Å². The van der Waals surface area contributed by atoms with Gasteiger partial charge in [-0.25, -0.2) is 8.42 Å². The van der Waals surface area contributed by atoms with E-state index in [-0.39, 0.29) is 12.4 Å². The molecular weight excluding hydrogens is 392 g/mol. The predicted octanol–water partition coefficient (Wildman–Crippen LogP) is 2.33. The smallest absolute Gasteiger partial charge is 0.246 e. The lowest BCUT2D eigenvalue weighted by Gasteiger charge is -2.29. The van der Waals surface area contributed by atoms with Gasteiger partial charge in [-0.1, -0.05) is 65.8 Å². The van der Waals surface area contributed by atoms with Crippen molar-refractivity contribution in [2.45, 2.75) is 12.6 Å². The first-order valence-corrected chi connectivity index (χ1v) is 10.7. The molecule has 0 N–H and O–H groups in total. The Kier molecular flexibility index (Phi) is 6.09. The van der Waals surface area contributed by atoms with Crippen molar-refractivity contribution in [3.63, 3.8) is 0 Å². The molecule has 8 nitrogen and oxygen atoms in total. The fraction of sp³-hybridized carbons (Fsp3) is 0.250. The van der Waals surface area contributed by atoms with Crippen molar-refractivity contribution in [1.29, 1.82) is 0 Å². The molecule has 0 saturated heterocycles. The Morgan fingerprint density at radius 1 is 1.03 bits per heavy atom. The topological polar surface area (TPSA) is 96.6 Å². The molecule has 1 heterocycles. The summed E-state index contributed by atoms with van der Waals surface area (Å²) in [7, 11) is -0.641. The van der Waals surface area contributed by atoms with Crippen molar-refractivity contribution in [2.75, 3.05) is 20.4 Å². The lowest BCUT2D eigenvalue weighted by atomic mass is 10.1. The van der Waals surface area contributed by atoms with Gasteiger partial charge in [0.25, 0.3) is 0 Å². The molecule has 0 aliphatic rings. The molecule has 0 aliphatic heterocycles. The first-order chi connectivity index (χ1) is 13.8. The quantitative estimate of drug-likeness (QED) is 0.589. The third-order valence-corrected chi connectivity index (χ3v) is 5.74. The molecule has 152 valence electrons. The van der Waals surface area contributed by atoms with E-state index < -0.39 is 22.0 Å². The summed E-state index contributed by atoms with van der Waals surface area (Å²) in [5.41, 5.74) is 1.38. The third kappa shape index (κ3) is 4.87. The average molecular weight is 414 g/mol. The van der Waals surface area contributed by atoms with Crippen LogP contribution in [0.5, 0.6) is 0 Å². The number of nitrogens with zero attached hydrogens (tertiary/aromatic N) is 4. The van der Waals surface area contributed by atoms with Crippen molar-refractivity contribution in [2.24, 2.45) is 0 Å². The first kappa shape index (κ1) is 20.7. The van der Waals surface area contributed by atoms with Crippen molar-refractivity contribution < 1.29 is 17.7 Å². The number of aromatic nitrogens is 2. The van der Waals surface area contributed by atoms with Crippen LogP contribution in [0.1, 0.15) is 17.5 Å². The van der Waals surface area contributed by atoms with Crippen molar-refractivity contribution in [3.05, 3.63) is 72.1 Å². The first-order valence-electron chi connectivity index (χ1n) is 8.88. The number of likely N-dealkylation sites (N-methyl/N-ethyl adjacent to an activating group) is 2. The van der Waals surface area contributed by atoms with E-state index in [2.05, 4.69) is 10.1 Å². The molecule has 0 unspecified atom stereocenters. The summed E-state index contributed by atoms with van der Waals surface area (Å²) in [6.45, 7) is 0.0552. The second kappa shape index (κ2) is 8.54. The number of sulfonamides is 1. The number of rotatable bonds is 7. The Morgan fingerprint density at radius 2 is 1.62 bits per heavy atom. The minimum absolute atomic E-state index is 0.0552. The maximum absolute atomic E-state index is 13.1.